The molecule has 198 valence electrons. The van der Waals surface area contributed by atoms with E-state index in [0.29, 0.717) is 18.7 Å². The number of amidine groups is 1. The number of nitrogens with one attached hydrogen (secondary N) is 2. The summed E-state index contributed by atoms with van der Waals surface area (Å²) in [6.07, 6.45) is -1.37. The van der Waals surface area contributed by atoms with Gasteiger partial charge in [-0.1, -0.05) is 0 Å². The van der Waals surface area contributed by atoms with E-state index in [2.05, 4.69) is 15.6 Å². The number of amides is 1. The number of halogens is 3. The van der Waals surface area contributed by atoms with E-state index in [1.54, 1.807) is 6.08 Å². The van der Waals surface area contributed by atoms with Crippen LogP contribution >= 0.6 is 0 Å². The summed E-state index contributed by atoms with van der Waals surface area (Å²) in [7, 11) is -1.87. The largest absolute Gasteiger partial charge is 0.391 e. The Morgan fingerprint density at radius 2 is 1.69 bits per heavy atom. The molecule has 1 aliphatic carbocycles. The summed E-state index contributed by atoms with van der Waals surface area (Å²) in [6, 6.07) is 3.90. The number of alkyl halides is 3. The van der Waals surface area contributed by atoms with E-state index in [1.807, 2.05) is 33.0 Å². The van der Waals surface area contributed by atoms with Crippen LogP contribution in [0.25, 0.3) is 6.08 Å². The van der Waals surface area contributed by atoms with Gasteiger partial charge in [0.05, 0.1) is 5.92 Å². The van der Waals surface area contributed by atoms with Crippen LogP contribution in [-0.4, -0.2) is 56.3 Å². The number of rotatable bonds is 5. The van der Waals surface area contributed by atoms with Crippen molar-refractivity contribution in [2.75, 3.05) is 25.5 Å². The second-order valence-electron chi connectivity index (χ2n) is 10.1. The van der Waals surface area contributed by atoms with Gasteiger partial charge in [0.25, 0.3) is 5.91 Å². The molecule has 2 heterocycles. The molecule has 2 N–H and O–H groups in total. The van der Waals surface area contributed by atoms with Gasteiger partial charge < -0.3 is 10.6 Å². The third-order valence-electron chi connectivity index (χ3n) is 7.77. The lowest BCUT2D eigenvalue weighted by Gasteiger charge is -2.34. The van der Waals surface area contributed by atoms with Gasteiger partial charge in [0.1, 0.15) is 11.4 Å². The molecule has 7 nitrogen and oxygen atoms in total. The quantitative estimate of drug-likeness (QED) is 0.596. The number of piperidine rings is 1. The van der Waals surface area contributed by atoms with Crippen molar-refractivity contribution in [1.29, 1.82) is 0 Å². The summed E-state index contributed by atoms with van der Waals surface area (Å²) in [4.78, 5) is 17.5. The van der Waals surface area contributed by atoms with E-state index in [4.69, 9.17) is 0 Å². The van der Waals surface area contributed by atoms with E-state index in [0.717, 1.165) is 22.4 Å². The molecule has 3 aliphatic rings. The number of anilines is 1. The number of benzene rings is 1. The van der Waals surface area contributed by atoms with Crippen molar-refractivity contribution < 1.29 is 26.4 Å². The van der Waals surface area contributed by atoms with Crippen LogP contribution < -0.4 is 10.6 Å². The first-order chi connectivity index (χ1) is 16.8. The van der Waals surface area contributed by atoms with Crippen LogP contribution in [0.3, 0.4) is 0 Å². The second-order valence-corrected chi connectivity index (χ2v) is 11.9. The minimum absolute atomic E-state index is 0.0328. The third kappa shape index (κ3) is 5.32. The first-order valence-electron chi connectivity index (χ1n) is 12.3. The van der Waals surface area contributed by atoms with Gasteiger partial charge in [-0.2, -0.15) is 17.5 Å². The topological polar surface area (TPSA) is 90.9 Å². The molecule has 0 radical (unpaired) electrons. The van der Waals surface area contributed by atoms with Gasteiger partial charge in [0.2, 0.25) is 10.0 Å². The molecule has 4 rings (SSSR count). The lowest BCUT2D eigenvalue weighted by molar-refractivity contribution is -0.182. The van der Waals surface area contributed by atoms with Crippen LogP contribution in [0.15, 0.2) is 22.5 Å². The molecule has 0 atom stereocenters. The van der Waals surface area contributed by atoms with Gasteiger partial charge >= 0.3 is 6.18 Å². The van der Waals surface area contributed by atoms with E-state index in [9.17, 15) is 26.4 Å². The van der Waals surface area contributed by atoms with Crippen molar-refractivity contribution >= 4 is 33.5 Å². The maximum absolute atomic E-state index is 13.0. The van der Waals surface area contributed by atoms with Crippen LogP contribution in [-0.2, 0) is 14.8 Å². The molecule has 2 aliphatic heterocycles. The molecule has 1 spiro atoms. The molecular formula is C25H33F3N4O3S. The maximum Gasteiger partial charge on any atom is 0.391 e. The zero-order valence-corrected chi connectivity index (χ0v) is 21.6. The van der Waals surface area contributed by atoms with Crippen molar-refractivity contribution in [1.82, 2.24) is 9.62 Å². The summed E-state index contributed by atoms with van der Waals surface area (Å²) in [6.45, 7) is 4.14. The number of sulfonamides is 1. The molecule has 11 heteroatoms. The highest BCUT2D eigenvalue weighted by molar-refractivity contribution is 7.92. The zero-order valence-electron chi connectivity index (χ0n) is 20.8. The number of hydrogen-bond donors (Lipinski definition) is 2. The molecule has 0 bridgehead atoms. The van der Waals surface area contributed by atoms with Crippen LogP contribution in [0.1, 0.15) is 55.2 Å². The normalized spacial score (nSPS) is 25.3. The number of carbonyl (C=O) groups is 1. The first kappa shape index (κ1) is 26.7. The summed E-state index contributed by atoms with van der Waals surface area (Å²) < 4.78 is 66.3. The Morgan fingerprint density at radius 3 is 2.22 bits per heavy atom. The highest BCUT2D eigenvalue weighted by Crippen LogP contribution is 2.41. The van der Waals surface area contributed by atoms with Gasteiger partial charge in [-0.3, -0.25) is 9.79 Å². The molecule has 1 aromatic carbocycles. The summed E-state index contributed by atoms with van der Waals surface area (Å²) in [5.41, 5.74) is 2.67. The molecule has 1 saturated carbocycles. The lowest BCUT2D eigenvalue weighted by Crippen LogP contribution is -2.50. The van der Waals surface area contributed by atoms with Crippen molar-refractivity contribution in [2.24, 2.45) is 16.8 Å². The Bertz CT molecular complexity index is 1150. The van der Waals surface area contributed by atoms with Crippen molar-refractivity contribution in [3.8, 4) is 0 Å². The van der Waals surface area contributed by atoms with E-state index < -0.39 is 27.7 Å². The molecular weight excluding hydrogens is 493 g/mol. The van der Waals surface area contributed by atoms with Gasteiger partial charge in [0, 0.05) is 37.2 Å². The minimum atomic E-state index is -4.19. The Hall–Kier alpha value is -2.40. The van der Waals surface area contributed by atoms with E-state index in [-0.39, 0.29) is 50.6 Å². The second kappa shape index (κ2) is 9.81. The molecule has 2 fully saturated rings. The minimum Gasteiger partial charge on any atom is -0.388 e. The maximum atomic E-state index is 13.0. The third-order valence-corrected chi connectivity index (χ3v) is 9.34. The predicted molar refractivity (Wildman–Crippen MR) is 134 cm³/mol. The first-order valence-corrected chi connectivity index (χ1v) is 13.8. The smallest absolute Gasteiger partial charge is 0.388 e. The fourth-order valence-electron chi connectivity index (χ4n) is 5.50. The number of hydrogen-bond acceptors (Lipinski definition) is 5. The fraction of sp³-hybridized carbons (Fsp3) is 0.600. The number of nitrogens with zero attached hydrogens (tertiary/aromatic N) is 2. The standard InChI is InChI=1S/C25H33F3N4O3S/c1-16-14-20(29-3)15-17(2)21(16)8-13-36(34,35)32-11-9-24(10-12-32)23(33)30-22(31-24)18-4-6-19(7-5-18)25(26,27)28/h8,13-15,18-19,29H,4-7,9-12H2,1-3H3,(H,30,31,33)/b13-8+. The van der Waals surface area contributed by atoms with Crippen LogP contribution in [0.4, 0.5) is 18.9 Å². The summed E-state index contributed by atoms with van der Waals surface area (Å²) >= 11 is 0. The fourth-order valence-corrected chi connectivity index (χ4v) is 6.67. The highest BCUT2D eigenvalue weighted by Gasteiger charge is 2.49. The van der Waals surface area contributed by atoms with Crippen molar-refractivity contribution in [2.45, 2.75) is 64.1 Å². The van der Waals surface area contributed by atoms with Crippen LogP contribution in [0.2, 0.25) is 0 Å². The van der Waals surface area contributed by atoms with Gasteiger partial charge in [0.15, 0.2) is 0 Å². The summed E-state index contributed by atoms with van der Waals surface area (Å²) in [5.74, 6) is -1.31. The van der Waals surface area contributed by atoms with Gasteiger partial charge in [-0.25, -0.2) is 8.42 Å². The Balaban J connectivity index is 1.41. The Labute approximate surface area is 210 Å². The molecule has 1 saturated heterocycles. The molecule has 36 heavy (non-hydrogen) atoms. The Kier molecular flexibility index (Phi) is 7.27. The lowest BCUT2D eigenvalue weighted by atomic mass is 9.81. The van der Waals surface area contributed by atoms with Crippen molar-refractivity contribution in [3.05, 3.63) is 34.2 Å². The molecule has 0 aromatic heterocycles. The highest BCUT2D eigenvalue weighted by atomic mass is 32.2. The molecule has 1 amide bonds. The number of aliphatic imine (C=N–C) groups is 1. The average molecular weight is 527 g/mol. The van der Waals surface area contributed by atoms with Crippen LogP contribution in [0, 0.1) is 25.7 Å². The van der Waals surface area contributed by atoms with E-state index in [1.165, 1.54) is 9.71 Å². The number of aryl methyl sites for hydroxylation is 2. The molecule has 1 aromatic rings. The average Bonchev–Trinajstić information content (AvgIpc) is 3.13. The zero-order chi connectivity index (χ0) is 26.3. The van der Waals surface area contributed by atoms with E-state index >= 15 is 0 Å². The van der Waals surface area contributed by atoms with Gasteiger partial charge in [-0.15, -0.1) is 0 Å². The van der Waals surface area contributed by atoms with Gasteiger partial charge in [-0.05, 0) is 87.3 Å². The molecule has 0 unspecified atom stereocenters. The SMILES string of the molecule is CNc1cc(C)c(/C=C/S(=O)(=O)N2CCC3(CC2)N=C(C2CCC(C(F)(F)F)CC2)NC3=O)c(C)c1. The monoisotopic (exact) mass is 526 g/mol. The van der Waals surface area contributed by atoms with Crippen LogP contribution in [0.5, 0.6) is 0 Å². The van der Waals surface area contributed by atoms with Crippen molar-refractivity contribution in [3.63, 3.8) is 0 Å². The predicted octanol–water partition coefficient (Wildman–Crippen LogP) is 4.38. The number of carbonyl (C=O) groups excluding carboxylic acids is 1. The Morgan fingerprint density at radius 1 is 1.11 bits per heavy atom. The summed E-state index contributed by atoms with van der Waals surface area (Å²) in [5, 5.41) is 7.09.